The fourth-order valence-electron chi connectivity index (χ4n) is 4.65. The van der Waals surface area contributed by atoms with Gasteiger partial charge in [-0.25, -0.2) is 0 Å². The summed E-state index contributed by atoms with van der Waals surface area (Å²) in [5, 5.41) is 17.6. The number of hydrogen-bond acceptors (Lipinski definition) is 7. The average Bonchev–Trinajstić information content (AvgIpc) is 3.62. The van der Waals surface area contributed by atoms with Crippen molar-refractivity contribution in [3.63, 3.8) is 0 Å². The molecule has 1 saturated carbocycles. The van der Waals surface area contributed by atoms with Gasteiger partial charge < -0.3 is 14.6 Å². The first-order chi connectivity index (χ1) is 17.1. The van der Waals surface area contributed by atoms with Crippen LogP contribution in [-0.2, 0) is 13.0 Å². The highest BCUT2D eigenvalue weighted by atomic mass is 16.5. The normalized spacial score (nSPS) is 16.5. The molecule has 0 unspecified atom stereocenters. The van der Waals surface area contributed by atoms with E-state index in [1.807, 2.05) is 26.2 Å². The molecule has 186 valence electrons. The first-order valence-electron chi connectivity index (χ1n) is 12.8. The van der Waals surface area contributed by atoms with Crippen LogP contribution >= 0.6 is 0 Å². The Morgan fingerprint density at radius 1 is 1.11 bits per heavy atom. The summed E-state index contributed by atoms with van der Waals surface area (Å²) < 4.78 is 11.7. The minimum atomic E-state index is 0.684. The number of ether oxygens (including phenoxy) is 1. The predicted molar refractivity (Wildman–Crippen MR) is 137 cm³/mol. The third-order valence-corrected chi connectivity index (χ3v) is 6.97. The molecule has 5 rings (SSSR count). The lowest BCUT2D eigenvalue weighted by atomic mass is 9.91. The highest BCUT2D eigenvalue weighted by Crippen LogP contribution is 2.34. The van der Waals surface area contributed by atoms with Crippen molar-refractivity contribution in [2.45, 2.75) is 52.0 Å². The maximum absolute atomic E-state index is 9.28. The van der Waals surface area contributed by atoms with Crippen molar-refractivity contribution in [1.29, 1.82) is 5.26 Å². The molecule has 1 saturated heterocycles. The molecule has 0 atom stereocenters. The molecule has 3 aromatic rings. The number of nitrogens with one attached hydrogen (secondary N) is 1. The van der Waals surface area contributed by atoms with Crippen molar-refractivity contribution in [2.24, 2.45) is 11.8 Å². The van der Waals surface area contributed by atoms with Gasteiger partial charge >= 0.3 is 0 Å². The van der Waals surface area contributed by atoms with Crippen LogP contribution in [0, 0.1) is 30.1 Å². The van der Waals surface area contributed by atoms with Crippen molar-refractivity contribution in [1.82, 2.24) is 20.4 Å². The number of pyridine rings is 1. The van der Waals surface area contributed by atoms with Gasteiger partial charge in [0.15, 0.2) is 5.58 Å². The maximum atomic E-state index is 9.28. The van der Waals surface area contributed by atoms with E-state index in [1.54, 1.807) is 6.20 Å². The molecule has 0 bridgehead atoms. The topological polar surface area (TPSA) is 87.2 Å². The van der Waals surface area contributed by atoms with Crippen LogP contribution < -0.4 is 10.1 Å². The predicted octanol–water partition coefficient (Wildman–Crippen LogP) is 4.87. The van der Waals surface area contributed by atoms with Crippen molar-refractivity contribution in [3.8, 4) is 11.8 Å². The second-order valence-corrected chi connectivity index (χ2v) is 9.82. The zero-order chi connectivity index (χ0) is 24.6. The van der Waals surface area contributed by atoms with E-state index in [-0.39, 0.29) is 0 Å². The number of likely N-dealkylation sites (tertiary alicyclic amines) is 1. The van der Waals surface area contributed by atoms with Gasteiger partial charge in [-0.1, -0.05) is 5.16 Å². The Morgan fingerprint density at radius 2 is 1.89 bits per heavy atom. The lowest BCUT2D eigenvalue weighted by Gasteiger charge is -2.31. The van der Waals surface area contributed by atoms with Crippen molar-refractivity contribution >= 4 is 11.0 Å². The molecule has 7 heteroatoms. The number of rotatable bonds is 8. The molecule has 1 aromatic carbocycles. The smallest absolute Gasteiger partial charge is 0.173 e. The minimum absolute atomic E-state index is 0.684. The van der Waals surface area contributed by atoms with E-state index in [0.29, 0.717) is 11.5 Å². The first kappa shape index (κ1) is 25.2. The van der Waals surface area contributed by atoms with Gasteiger partial charge in [0, 0.05) is 23.7 Å². The Hall–Kier alpha value is -2.95. The highest BCUT2D eigenvalue weighted by Gasteiger charge is 2.24. The van der Waals surface area contributed by atoms with E-state index in [4.69, 9.17) is 9.26 Å². The monoisotopic (exact) mass is 475 g/mol. The molecule has 2 aliphatic rings. The Morgan fingerprint density at radius 3 is 2.60 bits per heavy atom. The molecule has 7 nitrogen and oxygen atoms in total. The molecule has 35 heavy (non-hydrogen) atoms. The number of aromatic nitrogens is 2. The molecule has 3 heterocycles. The molecule has 2 aromatic heterocycles. The van der Waals surface area contributed by atoms with Gasteiger partial charge in [-0.15, -0.1) is 0 Å². The SMILES string of the molecule is CNC.Cc1c(OCC2CC2)ccc2c(CCC3CCN(Cc4ncccc4C#N)CC3)noc12. The van der Waals surface area contributed by atoms with Crippen LogP contribution in [-0.4, -0.2) is 48.8 Å². The Labute approximate surface area is 208 Å². The number of nitriles is 1. The fraction of sp³-hybridized carbons (Fsp3) is 0.536. The lowest BCUT2D eigenvalue weighted by Crippen LogP contribution is -2.33. The van der Waals surface area contributed by atoms with E-state index in [9.17, 15) is 5.26 Å². The molecule has 0 radical (unpaired) electrons. The quantitative estimate of drug-likeness (QED) is 0.497. The zero-order valence-electron chi connectivity index (χ0n) is 21.2. The molecular formula is C28H37N5O2. The third kappa shape index (κ3) is 6.59. The molecule has 1 aliphatic heterocycles. The Kier molecular flexibility index (Phi) is 8.73. The average molecular weight is 476 g/mol. The van der Waals surface area contributed by atoms with Crippen molar-refractivity contribution < 1.29 is 9.26 Å². The van der Waals surface area contributed by atoms with Gasteiger partial charge in [0.25, 0.3) is 0 Å². The standard InChI is InChI=1S/C26H30N4O2.C2H7N/c1-18-25(31-17-20-4-5-20)9-7-22-23(29-32-26(18)22)8-6-19-10-13-30(14-11-19)16-24-21(15-27)3-2-12-28-24;1-3-2/h2-3,7,9,12,19-20H,4-6,8,10-11,13-14,16-17H2,1H3;3H,1-2H3. The maximum Gasteiger partial charge on any atom is 0.173 e. The van der Waals surface area contributed by atoms with Crippen LogP contribution in [0.25, 0.3) is 11.0 Å². The zero-order valence-corrected chi connectivity index (χ0v) is 21.2. The van der Waals surface area contributed by atoms with E-state index in [2.05, 4.69) is 45.5 Å². The minimum Gasteiger partial charge on any atom is -0.493 e. The van der Waals surface area contributed by atoms with Crippen LogP contribution in [0.1, 0.15) is 54.6 Å². The Balaban J connectivity index is 0.000000917. The summed E-state index contributed by atoms with van der Waals surface area (Å²) in [5.41, 5.74) is 4.56. The summed E-state index contributed by atoms with van der Waals surface area (Å²) >= 11 is 0. The van der Waals surface area contributed by atoms with Gasteiger partial charge in [-0.2, -0.15) is 5.26 Å². The summed E-state index contributed by atoms with van der Waals surface area (Å²) in [6.07, 6.45) is 8.76. The molecular weight excluding hydrogens is 438 g/mol. The second-order valence-electron chi connectivity index (χ2n) is 9.82. The largest absolute Gasteiger partial charge is 0.493 e. The number of fused-ring (bicyclic) bond motifs is 1. The van der Waals surface area contributed by atoms with E-state index >= 15 is 0 Å². The first-order valence-corrected chi connectivity index (χ1v) is 12.8. The van der Waals surface area contributed by atoms with Gasteiger partial charge in [0.2, 0.25) is 0 Å². The van der Waals surface area contributed by atoms with E-state index in [1.165, 1.54) is 25.7 Å². The molecule has 0 spiro atoms. The number of aryl methyl sites for hydroxylation is 2. The van der Waals surface area contributed by atoms with Crippen LogP contribution in [0.3, 0.4) is 0 Å². The van der Waals surface area contributed by atoms with Crippen molar-refractivity contribution in [3.05, 3.63) is 53.0 Å². The lowest BCUT2D eigenvalue weighted by molar-refractivity contribution is 0.170. The van der Waals surface area contributed by atoms with Crippen molar-refractivity contribution in [2.75, 3.05) is 33.8 Å². The van der Waals surface area contributed by atoms with Crippen LogP contribution in [0.5, 0.6) is 5.75 Å². The second kappa shape index (κ2) is 12.1. The van der Waals surface area contributed by atoms with E-state index < -0.39 is 0 Å². The van der Waals surface area contributed by atoms with Crippen LogP contribution in [0.2, 0.25) is 0 Å². The van der Waals surface area contributed by atoms with Crippen LogP contribution in [0.15, 0.2) is 35.0 Å². The van der Waals surface area contributed by atoms with E-state index in [0.717, 1.165) is 78.7 Å². The number of piperidine rings is 1. The molecule has 2 fully saturated rings. The summed E-state index contributed by atoms with van der Waals surface area (Å²) in [4.78, 5) is 6.82. The van der Waals surface area contributed by atoms with Crippen LogP contribution in [0.4, 0.5) is 0 Å². The Bertz CT molecular complexity index is 1140. The third-order valence-electron chi connectivity index (χ3n) is 6.97. The molecule has 1 aliphatic carbocycles. The van der Waals surface area contributed by atoms with Gasteiger partial charge in [-0.3, -0.25) is 9.88 Å². The highest BCUT2D eigenvalue weighted by molar-refractivity contribution is 5.84. The number of benzene rings is 1. The summed E-state index contributed by atoms with van der Waals surface area (Å²) in [7, 11) is 3.75. The van der Waals surface area contributed by atoms with Gasteiger partial charge in [0.05, 0.1) is 23.6 Å². The summed E-state index contributed by atoms with van der Waals surface area (Å²) in [5.74, 6) is 2.35. The number of hydrogen-bond donors (Lipinski definition) is 1. The molecule has 0 amide bonds. The fourth-order valence-corrected chi connectivity index (χ4v) is 4.65. The summed E-state index contributed by atoms with van der Waals surface area (Å²) in [6, 6.07) is 10.1. The molecule has 1 N–H and O–H groups in total. The van der Waals surface area contributed by atoms with Gasteiger partial charge in [-0.05, 0) is 109 Å². The summed E-state index contributed by atoms with van der Waals surface area (Å²) in [6.45, 7) is 5.73. The number of nitrogens with zero attached hydrogens (tertiary/aromatic N) is 4. The van der Waals surface area contributed by atoms with Gasteiger partial charge in [0.1, 0.15) is 11.8 Å².